The monoisotopic (exact) mass is 344 g/mol. The SMILES string of the molecule is Cn1c(-c2ccccc2)cc2c(N[C@H](CO)c3ccccc3)ncnc21. The number of aromatic nitrogens is 3. The van der Waals surface area contributed by atoms with Crippen LogP contribution < -0.4 is 5.32 Å². The van der Waals surface area contributed by atoms with Crippen molar-refractivity contribution in [2.75, 3.05) is 11.9 Å². The minimum absolute atomic E-state index is 0.0200. The van der Waals surface area contributed by atoms with Gasteiger partial charge in [-0.3, -0.25) is 0 Å². The molecule has 0 radical (unpaired) electrons. The van der Waals surface area contributed by atoms with Crippen LogP contribution in [0.1, 0.15) is 11.6 Å². The highest BCUT2D eigenvalue weighted by Crippen LogP contribution is 2.30. The quantitative estimate of drug-likeness (QED) is 0.578. The van der Waals surface area contributed by atoms with Crippen LogP contribution in [0.25, 0.3) is 22.3 Å². The average Bonchev–Trinajstić information content (AvgIpc) is 3.05. The van der Waals surface area contributed by atoms with Crippen molar-refractivity contribution in [2.45, 2.75) is 6.04 Å². The first kappa shape index (κ1) is 16.3. The smallest absolute Gasteiger partial charge is 0.145 e. The molecule has 5 heteroatoms. The van der Waals surface area contributed by atoms with Gasteiger partial charge in [-0.2, -0.15) is 0 Å². The minimum atomic E-state index is -0.227. The Kier molecular flexibility index (Phi) is 4.37. The Hall–Kier alpha value is -3.18. The van der Waals surface area contributed by atoms with E-state index in [1.165, 1.54) is 0 Å². The van der Waals surface area contributed by atoms with Gasteiger partial charge in [-0.15, -0.1) is 0 Å². The standard InChI is InChI=1S/C21H20N4O/c1-25-19(16-10-6-3-7-11-16)12-17-20(22-14-23-21(17)25)24-18(13-26)15-8-4-2-5-9-15/h2-12,14,18,26H,13H2,1H3,(H,22,23,24)/t18-/m1/s1. The van der Waals surface area contributed by atoms with Gasteiger partial charge in [0.05, 0.1) is 23.7 Å². The molecule has 0 saturated heterocycles. The summed E-state index contributed by atoms with van der Waals surface area (Å²) in [6.07, 6.45) is 1.55. The number of fused-ring (bicyclic) bond motifs is 1. The van der Waals surface area contributed by atoms with Crippen molar-refractivity contribution in [1.29, 1.82) is 0 Å². The zero-order chi connectivity index (χ0) is 17.9. The Labute approximate surface area is 152 Å². The number of anilines is 1. The summed E-state index contributed by atoms with van der Waals surface area (Å²) in [7, 11) is 2.00. The van der Waals surface area contributed by atoms with Gasteiger partial charge in [0, 0.05) is 7.05 Å². The highest BCUT2D eigenvalue weighted by atomic mass is 16.3. The summed E-state index contributed by atoms with van der Waals surface area (Å²) in [5, 5.41) is 14.1. The molecule has 5 nitrogen and oxygen atoms in total. The molecule has 2 aromatic heterocycles. The molecule has 4 aromatic rings. The van der Waals surface area contributed by atoms with E-state index in [1.54, 1.807) is 6.33 Å². The molecule has 0 amide bonds. The molecule has 4 rings (SSSR count). The van der Waals surface area contributed by atoms with Gasteiger partial charge in [-0.05, 0) is 17.2 Å². The van der Waals surface area contributed by atoms with Crippen LogP contribution in [-0.4, -0.2) is 26.2 Å². The highest BCUT2D eigenvalue weighted by molar-refractivity contribution is 5.92. The predicted octanol–water partition coefficient (Wildman–Crippen LogP) is 3.78. The summed E-state index contributed by atoms with van der Waals surface area (Å²) in [6, 6.07) is 21.9. The van der Waals surface area contributed by atoms with Gasteiger partial charge in [0.25, 0.3) is 0 Å². The summed E-state index contributed by atoms with van der Waals surface area (Å²) in [5.41, 5.74) is 4.07. The number of nitrogens with one attached hydrogen (secondary N) is 1. The zero-order valence-corrected chi connectivity index (χ0v) is 14.5. The first-order valence-corrected chi connectivity index (χ1v) is 8.56. The summed E-state index contributed by atoms with van der Waals surface area (Å²) >= 11 is 0. The van der Waals surface area contributed by atoms with E-state index in [1.807, 2.05) is 55.6 Å². The van der Waals surface area contributed by atoms with Crippen LogP contribution in [0.15, 0.2) is 73.1 Å². The van der Waals surface area contributed by atoms with Crippen molar-refractivity contribution < 1.29 is 5.11 Å². The van der Waals surface area contributed by atoms with Gasteiger partial charge < -0.3 is 15.0 Å². The maximum atomic E-state index is 9.84. The maximum absolute atomic E-state index is 9.84. The van der Waals surface area contributed by atoms with E-state index in [4.69, 9.17) is 0 Å². The number of aliphatic hydroxyl groups excluding tert-OH is 1. The fourth-order valence-corrected chi connectivity index (χ4v) is 3.22. The van der Waals surface area contributed by atoms with Gasteiger partial charge in [0.2, 0.25) is 0 Å². The molecule has 0 aliphatic carbocycles. The molecular formula is C21H20N4O. The average molecular weight is 344 g/mol. The lowest BCUT2D eigenvalue weighted by Crippen LogP contribution is -2.15. The van der Waals surface area contributed by atoms with E-state index in [9.17, 15) is 5.11 Å². The third kappa shape index (κ3) is 2.93. The van der Waals surface area contributed by atoms with Gasteiger partial charge in [0.1, 0.15) is 17.8 Å². The Morgan fingerprint density at radius 2 is 1.69 bits per heavy atom. The molecule has 0 aliphatic rings. The molecular weight excluding hydrogens is 324 g/mol. The Morgan fingerprint density at radius 3 is 2.38 bits per heavy atom. The van der Waals surface area contributed by atoms with Crippen LogP contribution >= 0.6 is 0 Å². The molecule has 0 aliphatic heterocycles. The molecule has 0 fully saturated rings. The van der Waals surface area contributed by atoms with Crippen molar-refractivity contribution in [3.8, 4) is 11.3 Å². The first-order chi connectivity index (χ1) is 12.8. The number of rotatable bonds is 5. The molecule has 2 N–H and O–H groups in total. The molecule has 0 saturated carbocycles. The molecule has 1 atom stereocenters. The van der Waals surface area contributed by atoms with Gasteiger partial charge in [-0.1, -0.05) is 60.7 Å². The fraction of sp³-hybridized carbons (Fsp3) is 0.143. The van der Waals surface area contributed by atoms with Crippen LogP contribution in [0.5, 0.6) is 0 Å². The predicted molar refractivity (Wildman–Crippen MR) is 104 cm³/mol. The topological polar surface area (TPSA) is 63.0 Å². The fourth-order valence-electron chi connectivity index (χ4n) is 3.22. The van der Waals surface area contributed by atoms with Crippen LogP contribution in [0.3, 0.4) is 0 Å². The van der Waals surface area contributed by atoms with Crippen molar-refractivity contribution in [3.05, 3.63) is 78.6 Å². The van der Waals surface area contributed by atoms with E-state index < -0.39 is 0 Å². The second-order valence-corrected chi connectivity index (χ2v) is 6.20. The summed E-state index contributed by atoms with van der Waals surface area (Å²) in [4.78, 5) is 8.86. The molecule has 0 spiro atoms. The van der Waals surface area contributed by atoms with Gasteiger partial charge in [0.15, 0.2) is 0 Å². The third-order valence-electron chi connectivity index (χ3n) is 4.59. The minimum Gasteiger partial charge on any atom is -0.394 e. The molecule has 26 heavy (non-hydrogen) atoms. The lowest BCUT2D eigenvalue weighted by molar-refractivity contribution is 0.276. The second kappa shape index (κ2) is 6.98. The van der Waals surface area contributed by atoms with E-state index in [0.717, 1.165) is 33.7 Å². The van der Waals surface area contributed by atoms with Crippen LogP contribution in [0, 0.1) is 0 Å². The number of aliphatic hydroxyl groups is 1. The Balaban J connectivity index is 1.77. The van der Waals surface area contributed by atoms with Crippen molar-refractivity contribution in [3.63, 3.8) is 0 Å². The van der Waals surface area contributed by atoms with Crippen molar-refractivity contribution in [2.24, 2.45) is 7.05 Å². The normalized spacial score (nSPS) is 12.2. The van der Waals surface area contributed by atoms with E-state index in [2.05, 4.69) is 38.1 Å². The molecule has 0 unspecified atom stereocenters. The Morgan fingerprint density at radius 1 is 1.00 bits per heavy atom. The lowest BCUT2D eigenvalue weighted by atomic mass is 10.1. The molecule has 2 aromatic carbocycles. The van der Waals surface area contributed by atoms with Crippen LogP contribution in [-0.2, 0) is 7.05 Å². The van der Waals surface area contributed by atoms with Crippen LogP contribution in [0.2, 0.25) is 0 Å². The van der Waals surface area contributed by atoms with Crippen LogP contribution in [0.4, 0.5) is 5.82 Å². The largest absolute Gasteiger partial charge is 0.394 e. The van der Waals surface area contributed by atoms with E-state index >= 15 is 0 Å². The zero-order valence-electron chi connectivity index (χ0n) is 14.5. The van der Waals surface area contributed by atoms with Crippen molar-refractivity contribution in [1.82, 2.24) is 14.5 Å². The van der Waals surface area contributed by atoms with E-state index in [0.29, 0.717) is 0 Å². The highest BCUT2D eigenvalue weighted by Gasteiger charge is 2.16. The number of benzene rings is 2. The maximum Gasteiger partial charge on any atom is 0.145 e. The Bertz CT molecular complexity index is 1010. The second-order valence-electron chi connectivity index (χ2n) is 6.20. The third-order valence-corrected chi connectivity index (χ3v) is 4.59. The van der Waals surface area contributed by atoms with Crippen molar-refractivity contribution >= 4 is 16.9 Å². The summed E-state index contributed by atoms with van der Waals surface area (Å²) in [6.45, 7) is -0.0200. The number of nitrogens with zero attached hydrogens (tertiary/aromatic N) is 3. The van der Waals surface area contributed by atoms with Gasteiger partial charge in [-0.25, -0.2) is 9.97 Å². The molecule has 130 valence electrons. The number of aryl methyl sites for hydroxylation is 1. The molecule has 0 bridgehead atoms. The number of hydrogen-bond acceptors (Lipinski definition) is 4. The summed E-state index contributed by atoms with van der Waals surface area (Å²) in [5.74, 6) is 0.718. The van der Waals surface area contributed by atoms with E-state index in [-0.39, 0.29) is 12.6 Å². The van der Waals surface area contributed by atoms with Gasteiger partial charge >= 0.3 is 0 Å². The summed E-state index contributed by atoms with van der Waals surface area (Å²) < 4.78 is 2.06. The number of hydrogen-bond donors (Lipinski definition) is 2. The first-order valence-electron chi connectivity index (χ1n) is 8.56. The lowest BCUT2D eigenvalue weighted by Gasteiger charge is -2.17. The molecule has 2 heterocycles.